The van der Waals surface area contributed by atoms with Crippen LogP contribution in [0, 0.1) is 0 Å². The highest BCUT2D eigenvalue weighted by molar-refractivity contribution is 7.89. The van der Waals surface area contributed by atoms with Crippen LogP contribution in [0.5, 0.6) is 6.01 Å². The SMILES string of the molecule is CCn1c(OC)nnc1[C@@H](C)NS(=O)(=O)c1cccc(C(=O)c2ccncc2)c1. The maximum absolute atomic E-state index is 12.9. The summed E-state index contributed by atoms with van der Waals surface area (Å²) >= 11 is 0. The summed E-state index contributed by atoms with van der Waals surface area (Å²) in [7, 11) is -2.43. The Morgan fingerprint density at radius 1 is 1.17 bits per heavy atom. The Bertz CT molecular complexity index is 1110. The molecule has 0 unspecified atom stereocenters. The van der Waals surface area contributed by atoms with E-state index in [1.165, 1.54) is 37.7 Å². The van der Waals surface area contributed by atoms with Crippen LogP contribution < -0.4 is 9.46 Å². The van der Waals surface area contributed by atoms with Crippen molar-refractivity contribution in [1.82, 2.24) is 24.5 Å². The number of hydrogen-bond donors (Lipinski definition) is 1. The van der Waals surface area contributed by atoms with Crippen LogP contribution in [0.25, 0.3) is 0 Å². The van der Waals surface area contributed by atoms with Gasteiger partial charge in [-0.1, -0.05) is 17.2 Å². The normalized spacial score (nSPS) is 12.5. The summed E-state index contributed by atoms with van der Waals surface area (Å²) < 4.78 is 35.2. The molecule has 0 fully saturated rings. The molecule has 0 amide bonds. The number of carbonyl (C=O) groups is 1. The first-order chi connectivity index (χ1) is 13.9. The van der Waals surface area contributed by atoms with E-state index >= 15 is 0 Å². The lowest BCUT2D eigenvalue weighted by molar-refractivity contribution is 0.103. The van der Waals surface area contributed by atoms with E-state index in [9.17, 15) is 13.2 Å². The Kier molecular flexibility index (Phi) is 6.04. The van der Waals surface area contributed by atoms with Gasteiger partial charge in [0.05, 0.1) is 18.0 Å². The number of aromatic nitrogens is 4. The minimum atomic E-state index is -3.90. The van der Waals surface area contributed by atoms with Gasteiger partial charge < -0.3 is 4.74 Å². The van der Waals surface area contributed by atoms with Crippen molar-refractivity contribution in [2.75, 3.05) is 7.11 Å². The Labute approximate surface area is 168 Å². The Morgan fingerprint density at radius 3 is 2.55 bits per heavy atom. The third kappa shape index (κ3) is 4.33. The Morgan fingerprint density at radius 2 is 1.90 bits per heavy atom. The van der Waals surface area contributed by atoms with Crippen LogP contribution >= 0.6 is 0 Å². The highest BCUT2D eigenvalue weighted by Gasteiger charge is 2.24. The third-order valence-electron chi connectivity index (χ3n) is 4.31. The lowest BCUT2D eigenvalue weighted by Crippen LogP contribution is -2.29. The number of sulfonamides is 1. The Balaban J connectivity index is 1.86. The molecule has 1 atom stereocenters. The van der Waals surface area contributed by atoms with Crippen LogP contribution in [0.2, 0.25) is 0 Å². The molecule has 0 bridgehead atoms. The van der Waals surface area contributed by atoms with Gasteiger partial charge in [0.25, 0.3) is 0 Å². The summed E-state index contributed by atoms with van der Waals surface area (Å²) in [6, 6.07) is 8.69. The van der Waals surface area contributed by atoms with Gasteiger partial charge >= 0.3 is 6.01 Å². The molecule has 0 aliphatic carbocycles. The van der Waals surface area contributed by atoms with Crippen molar-refractivity contribution in [3.05, 3.63) is 65.7 Å². The molecule has 9 nitrogen and oxygen atoms in total. The molecule has 0 aliphatic rings. The number of nitrogens with one attached hydrogen (secondary N) is 1. The van der Waals surface area contributed by atoms with Gasteiger partial charge in [-0.15, -0.1) is 5.10 Å². The minimum absolute atomic E-state index is 0.0150. The van der Waals surface area contributed by atoms with Crippen LogP contribution in [-0.4, -0.2) is 41.1 Å². The maximum atomic E-state index is 12.9. The summed E-state index contributed by atoms with van der Waals surface area (Å²) in [6.45, 7) is 4.07. The zero-order chi connectivity index (χ0) is 21.0. The predicted molar refractivity (Wildman–Crippen MR) is 105 cm³/mol. The second-order valence-electron chi connectivity index (χ2n) is 6.22. The largest absolute Gasteiger partial charge is 0.467 e. The number of benzene rings is 1. The van der Waals surface area contributed by atoms with Gasteiger partial charge in [-0.25, -0.2) is 13.1 Å². The molecule has 0 spiro atoms. The number of carbonyl (C=O) groups excluding carboxylic acids is 1. The number of hydrogen-bond acceptors (Lipinski definition) is 7. The van der Waals surface area contributed by atoms with Crippen LogP contribution in [0.3, 0.4) is 0 Å². The summed E-state index contributed by atoms with van der Waals surface area (Å²) in [5, 5.41) is 7.93. The zero-order valence-electron chi connectivity index (χ0n) is 16.2. The van der Waals surface area contributed by atoms with Gasteiger partial charge in [0.1, 0.15) is 0 Å². The summed E-state index contributed by atoms with van der Waals surface area (Å²) in [6.07, 6.45) is 3.02. The van der Waals surface area contributed by atoms with Crippen molar-refractivity contribution < 1.29 is 17.9 Å². The molecule has 3 rings (SSSR count). The molecule has 152 valence electrons. The Hall–Kier alpha value is -3.11. The second kappa shape index (κ2) is 8.50. The highest BCUT2D eigenvalue weighted by atomic mass is 32.2. The van der Waals surface area contributed by atoms with Gasteiger partial charge in [0, 0.05) is 30.1 Å². The molecule has 2 heterocycles. The molecule has 10 heteroatoms. The fourth-order valence-electron chi connectivity index (χ4n) is 2.90. The summed E-state index contributed by atoms with van der Waals surface area (Å²) in [5.74, 6) is 0.143. The van der Waals surface area contributed by atoms with E-state index in [0.717, 1.165) is 0 Å². The van der Waals surface area contributed by atoms with Crippen molar-refractivity contribution in [3.8, 4) is 6.01 Å². The van der Waals surface area contributed by atoms with Gasteiger partial charge in [-0.3, -0.25) is 14.3 Å². The molecular weight excluding hydrogens is 394 g/mol. The molecule has 0 saturated heterocycles. The zero-order valence-corrected chi connectivity index (χ0v) is 17.0. The quantitative estimate of drug-likeness (QED) is 0.559. The van der Waals surface area contributed by atoms with Crippen LogP contribution in [0.15, 0.2) is 53.7 Å². The van der Waals surface area contributed by atoms with Gasteiger partial charge in [0.2, 0.25) is 10.0 Å². The van der Waals surface area contributed by atoms with E-state index in [-0.39, 0.29) is 16.2 Å². The first-order valence-corrected chi connectivity index (χ1v) is 10.4. The van der Waals surface area contributed by atoms with Gasteiger partial charge in [0.15, 0.2) is 11.6 Å². The molecule has 29 heavy (non-hydrogen) atoms. The molecule has 0 saturated carbocycles. The van der Waals surface area contributed by atoms with E-state index in [4.69, 9.17) is 4.74 Å². The highest BCUT2D eigenvalue weighted by Crippen LogP contribution is 2.20. The molecule has 3 aromatic rings. The van der Waals surface area contributed by atoms with Crippen LogP contribution in [0.1, 0.15) is 41.6 Å². The maximum Gasteiger partial charge on any atom is 0.316 e. The lowest BCUT2D eigenvalue weighted by atomic mass is 10.1. The number of pyridine rings is 1. The van der Waals surface area contributed by atoms with Crippen molar-refractivity contribution in [2.45, 2.75) is 31.3 Å². The topological polar surface area (TPSA) is 116 Å². The van der Waals surface area contributed by atoms with Crippen LogP contribution in [0.4, 0.5) is 0 Å². The second-order valence-corrected chi connectivity index (χ2v) is 7.94. The van der Waals surface area contributed by atoms with E-state index in [1.54, 1.807) is 29.7 Å². The minimum Gasteiger partial charge on any atom is -0.467 e. The fourth-order valence-corrected chi connectivity index (χ4v) is 4.14. The fraction of sp³-hybridized carbons (Fsp3) is 0.263. The molecule has 2 aromatic heterocycles. The molecule has 1 aromatic carbocycles. The number of rotatable bonds is 8. The lowest BCUT2D eigenvalue weighted by Gasteiger charge is -2.15. The summed E-state index contributed by atoms with van der Waals surface area (Å²) in [4.78, 5) is 16.5. The third-order valence-corrected chi connectivity index (χ3v) is 5.85. The molecular formula is C19H21N5O4S. The van der Waals surface area contributed by atoms with Crippen molar-refractivity contribution >= 4 is 15.8 Å². The first kappa shape index (κ1) is 20.6. The van der Waals surface area contributed by atoms with E-state index in [1.807, 2.05) is 6.92 Å². The van der Waals surface area contributed by atoms with Gasteiger partial charge in [-0.05, 0) is 38.1 Å². The average Bonchev–Trinajstić information content (AvgIpc) is 3.17. The number of nitrogens with zero attached hydrogens (tertiary/aromatic N) is 4. The van der Waals surface area contributed by atoms with Gasteiger partial charge in [-0.2, -0.15) is 0 Å². The number of ketones is 1. The molecule has 1 N–H and O–H groups in total. The number of methoxy groups -OCH3 is 1. The van der Waals surface area contributed by atoms with E-state index in [2.05, 4.69) is 19.9 Å². The average molecular weight is 415 g/mol. The standard InChI is InChI=1S/C19H21N5O4S/c1-4-24-18(21-22-19(24)28-3)13(2)23-29(26,27)16-7-5-6-15(12-16)17(25)14-8-10-20-11-9-14/h5-13,23H,4H2,1-3H3/t13-/m1/s1. The van der Waals surface area contributed by atoms with Crippen molar-refractivity contribution in [2.24, 2.45) is 0 Å². The smallest absolute Gasteiger partial charge is 0.316 e. The summed E-state index contributed by atoms with van der Waals surface area (Å²) in [5.41, 5.74) is 0.698. The molecule has 0 radical (unpaired) electrons. The van der Waals surface area contributed by atoms with E-state index in [0.29, 0.717) is 23.9 Å². The molecule has 0 aliphatic heterocycles. The first-order valence-electron chi connectivity index (χ1n) is 8.91. The van der Waals surface area contributed by atoms with E-state index < -0.39 is 16.1 Å². The predicted octanol–water partition coefficient (Wildman–Crippen LogP) is 1.97. The monoisotopic (exact) mass is 415 g/mol. The number of ether oxygens (including phenoxy) is 1. The van der Waals surface area contributed by atoms with Crippen LogP contribution in [-0.2, 0) is 16.6 Å². The van der Waals surface area contributed by atoms with Crippen molar-refractivity contribution in [3.63, 3.8) is 0 Å². The van der Waals surface area contributed by atoms with Crippen molar-refractivity contribution in [1.29, 1.82) is 0 Å².